The fourth-order valence-corrected chi connectivity index (χ4v) is 4.18. The molecular formula is C16H17N3O3S. The Labute approximate surface area is 137 Å². The third kappa shape index (κ3) is 3.01. The standard InChI is InChI=1S/C16H17N3O3S/c20-13(8-10-6-7-22-19-10)18-16-14(15(21)17-9-4-5-9)11-2-1-3-12(11)23-16/h6-7,9H,1-5,8H2,(H,17,21)(H,18,20). The summed E-state index contributed by atoms with van der Waals surface area (Å²) in [5, 5.41) is 10.3. The number of fused-ring (bicyclic) bond motifs is 1. The average Bonchev–Trinajstić information content (AvgIpc) is 2.89. The predicted octanol–water partition coefficient (Wildman–Crippen LogP) is 2.30. The van der Waals surface area contributed by atoms with Gasteiger partial charge in [0.15, 0.2) is 0 Å². The number of hydrogen-bond donors (Lipinski definition) is 2. The van der Waals surface area contributed by atoms with Crippen LogP contribution in [0.3, 0.4) is 0 Å². The number of amides is 2. The summed E-state index contributed by atoms with van der Waals surface area (Å²) in [5.74, 6) is -0.233. The highest BCUT2D eigenvalue weighted by Gasteiger charge is 2.31. The largest absolute Gasteiger partial charge is 0.364 e. The summed E-state index contributed by atoms with van der Waals surface area (Å²) in [7, 11) is 0. The fourth-order valence-electron chi connectivity index (χ4n) is 2.88. The van der Waals surface area contributed by atoms with Crippen LogP contribution in [0, 0.1) is 0 Å². The molecule has 120 valence electrons. The van der Waals surface area contributed by atoms with E-state index in [-0.39, 0.29) is 18.2 Å². The van der Waals surface area contributed by atoms with Crippen LogP contribution in [0.2, 0.25) is 0 Å². The number of nitrogens with one attached hydrogen (secondary N) is 2. The van der Waals surface area contributed by atoms with Gasteiger partial charge in [0.1, 0.15) is 11.3 Å². The van der Waals surface area contributed by atoms with Crippen LogP contribution in [0.25, 0.3) is 0 Å². The molecule has 0 atom stereocenters. The summed E-state index contributed by atoms with van der Waals surface area (Å²) in [6.07, 6.45) is 6.66. The Kier molecular flexibility index (Phi) is 3.65. The van der Waals surface area contributed by atoms with Crippen molar-refractivity contribution in [2.24, 2.45) is 0 Å². The number of carbonyl (C=O) groups excluding carboxylic acids is 2. The minimum atomic E-state index is -0.181. The van der Waals surface area contributed by atoms with Gasteiger partial charge in [-0.2, -0.15) is 0 Å². The number of aromatic nitrogens is 1. The van der Waals surface area contributed by atoms with Crippen LogP contribution >= 0.6 is 11.3 Å². The summed E-state index contributed by atoms with van der Waals surface area (Å²) in [4.78, 5) is 26.0. The SMILES string of the molecule is O=C(Cc1ccon1)Nc1sc2c(c1C(=O)NC1CC1)CCC2. The molecule has 2 heterocycles. The lowest BCUT2D eigenvalue weighted by atomic mass is 10.1. The van der Waals surface area contributed by atoms with Gasteiger partial charge in [0.05, 0.1) is 17.7 Å². The summed E-state index contributed by atoms with van der Waals surface area (Å²) < 4.78 is 4.74. The Morgan fingerprint density at radius 2 is 2.22 bits per heavy atom. The molecule has 0 radical (unpaired) electrons. The zero-order valence-electron chi connectivity index (χ0n) is 12.6. The van der Waals surface area contributed by atoms with E-state index >= 15 is 0 Å². The molecule has 0 bridgehead atoms. The predicted molar refractivity (Wildman–Crippen MR) is 85.7 cm³/mol. The number of anilines is 1. The van der Waals surface area contributed by atoms with Gasteiger partial charge in [-0.1, -0.05) is 5.16 Å². The van der Waals surface area contributed by atoms with Gasteiger partial charge in [-0.05, 0) is 37.7 Å². The van der Waals surface area contributed by atoms with Crippen LogP contribution in [0.1, 0.15) is 45.8 Å². The molecule has 4 rings (SSSR count). The van der Waals surface area contributed by atoms with Crippen molar-refractivity contribution in [2.75, 3.05) is 5.32 Å². The quantitative estimate of drug-likeness (QED) is 0.880. The van der Waals surface area contributed by atoms with Crippen LogP contribution < -0.4 is 10.6 Å². The van der Waals surface area contributed by atoms with E-state index in [4.69, 9.17) is 4.52 Å². The molecular weight excluding hydrogens is 314 g/mol. The molecule has 2 N–H and O–H groups in total. The second-order valence-corrected chi connectivity index (χ2v) is 7.13. The second-order valence-electron chi connectivity index (χ2n) is 6.02. The first kappa shape index (κ1) is 14.4. The van der Waals surface area contributed by atoms with Crippen LogP contribution in [-0.2, 0) is 24.1 Å². The number of hydrogen-bond acceptors (Lipinski definition) is 5. The molecule has 7 heteroatoms. The van der Waals surface area contributed by atoms with Gasteiger partial charge >= 0.3 is 0 Å². The Bertz CT molecular complexity index is 747. The number of thiophene rings is 1. The van der Waals surface area contributed by atoms with Gasteiger partial charge in [0.25, 0.3) is 5.91 Å². The lowest BCUT2D eigenvalue weighted by Crippen LogP contribution is -2.27. The number of nitrogens with zero attached hydrogens (tertiary/aromatic N) is 1. The molecule has 2 aliphatic rings. The summed E-state index contributed by atoms with van der Waals surface area (Å²) in [6, 6.07) is 1.97. The van der Waals surface area contributed by atoms with E-state index in [1.165, 1.54) is 22.5 Å². The smallest absolute Gasteiger partial charge is 0.254 e. The normalized spacial score (nSPS) is 16.2. The van der Waals surface area contributed by atoms with Crippen molar-refractivity contribution in [3.8, 4) is 0 Å². The van der Waals surface area contributed by atoms with E-state index in [1.807, 2.05) is 0 Å². The molecule has 0 unspecified atom stereocenters. The highest BCUT2D eigenvalue weighted by Crippen LogP contribution is 2.39. The maximum Gasteiger partial charge on any atom is 0.254 e. The molecule has 2 aromatic rings. The lowest BCUT2D eigenvalue weighted by Gasteiger charge is -2.08. The third-order valence-electron chi connectivity index (χ3n) is 4.15. The van der Waals surface area contributed by atoms with Gasteiger partial charge in [-0.25, -0.2) is 0 Å². The van der Waals surface area contributed by atoms with Crippen LogP contribution in [-0.4, -0.2) is 23.0 Å². The van der Waals surface area contributed by atoms with Gasteiger partial charge in [0.2, 0.25) is 5.91 Å². The third-order valence-corrected chi connectivity index (χ3v) is 5.35. The summed E-state index contributed by atoms with van der Waals surface area (Å²) in [5.41, 5.74) is 2.36. The monoisotopic (exact) mass is 331 g/mol. The zero-order valence-corrected chi connectivity index (χ0v) is 13.4. The number of rotatable bonds is 5. The van der Waals surface area contributed by atoms with Gasteiger partial charge < -0.3 is 15.2 Å². The molecule has 0 aromatic carbocycles. The number of aryl methyl sites for hydroxylation is 1. The van der Waals surface area contributed by atoms with Crippen molar-refractivity contribution in [3.05, 3.63) is 34.0 Å². The average molecular weight is 331 g/mol. The van der Waals surface area contributed by atoms with Crippen LogP contribution in [0.15, 0.2) is 16.9 Å². The minimum Gasteiger partial charge on any atom is -0.364 e. The molecule has 2 aliphatic carbocycles. The Morgan fingerprint density at radius 1 is 1.35 bits per heavy atom. The molecule has 2 aromatic heterocycles. The first-order valence-electron chi connectivity index (χ1n) is 7.85. The molecule has 23 heavy (non-hydrogen) atoms. The lowest BCUT2D eigenvalue weighted by molar-refractivity contribution is -0.115. The van der Waals surface area contributed by atoms with Gasteiger partial charge in [-0.3, -0.25) is 9.59 Å². The zero-order chi connectivity index (χ0) is 15.8. The summed E-state index contributed by atoms with van der Waals surface area (Å²) >= 11 is 1.53. The van der Waals surface area contributed by atoms with E-state index in [0.29, 0.717) is 22.3 Å². The highest BCUT2D eigenvalue weighted by atomic mass is 32.1. The first-order valence-corrected chi connectivity index (χ1v) is 8.67. The molecule has 6 nitrogen and oxygen atoms in total. The molecule has 1 fully saturated rings. The van der Waals surface area contributed by atoms with Crippen molar-refractivity contribution in [1.29, 1.82) is 0 Å². The van der Waals surface area contributed by atoms with Crippen molar-refractivity contribution >= 4 is 28.2 Å². The molecule has 1 saturated carbocycles. The second kappa shape index (κ2) is 5.81. The van der Waals surface area contributed by atoms with E-state index < -0.39 is 0 Å². The van der Waals surface area contributed by atoms with Gasteiger partial charge in [-0.15, -0.1) is 11.3 Å². The van der Waals surface area contributed by atoms with Gasteiger partial charge in [0, 0.05) is 17.0 Å². The maximum absolute atomic E-state index is 12.6. The van der Waals surface area contributed by atoms with Crippen molar-refractivity contribution in [1.82, 2.24) is 10.5 Å². The van der Waals surface area contributed by atoms with Crippen molar-refractivity contribution < 1.29 is 14.1 Å². The Morgan fingerprint density at radius 3 is 2.96 bits per heavy atom. The highest BCUT2D eigenvalue weighted by molar-refractivity contribution is 7.17. The molecule has 0 spiro atoms. The molecule has 0 aliphatic heterocycles. The number of carbonyl (C=O) groups is 2. The molecule has 0 saturated heterocycles. The fraction of sp³-hybridized carbons (Fsp3) is 0.438. The van der Waals surface area contributed by atoms with E-state index in [1.54, 1.807) is 6.07 Å². The Balaban J connectivity index is 1.55. The van der Waals surface area contributed by atoms with Crippen LogP contribution in [0.5, 0.6) is 0 Å². The van der Waals surface area contributed by atoms with Crippen LogP contribution in [0.4, 0.5) is 5.00 Å². The van der Waals surface area contributed by atoms with E-state index in [2.05, 4.69) is 15.8 Å². The minimum absolute atomic E-state index is 0.0522. The first-order chi connectivity index (χ1) is 11.2. The van der Waals surface area contributed by atoms with E-state index in [0.717, 1.165) is 37.7 Å². The Hall–Kier alpha value is -2.15. The van der Waals surface area contributed by atoms with Crippen molar-refractivity contribution in [3.63, 3.8) is 0 Å². The van der Waals surface area contributed by atoms with Crippen molar-refractivity contribution in [2.45, 2.75) is 44.6 Å². The molecule has 2 amide bonds. The topological polar surface area (TPSA) is 84.2 Å². The maximum atomic E-state index is 12.6. The summed E-state index contributed by atoms with van der Waals surface area (Å²) in [6.45, 7) is 0. The van der Waals surface area contributed by atoms with E-state index in [9.17, 15) is 9.59 Å².